The van der Waals surface area contributed by atoms with E-state index in [9.17, 15) is 0 Å². The van der Waals surface area contributed by atoms with Gasteiger partial charge in [-0.05, 0) is 82.1 Å². The van der Waals surface area contributed by atoms with Crippen LogP contribution < -0.4 is 30.3 Å². The van der Waals surface area contributed by atoms with Crippen molar-refractivity contribution in [3.8, 4) is 11.5 Å². The molecule has 244 valence electrons. The van der Waals surface area contributed by atoms with Gasteiger partial charge < -0.3 is 14.4 Å². The van der Waals surface area contributed by atoms with Crippen LogP contribution in [0.25, 0.3) is 10.8 Å². The van der Waals surface area contributed by atoms with Crippen LogP contribution >= 0.6 is 7.92 Å². The van der Waals surface area contributed by atoms with Crippen LogP contribution in [0.15, 0.2) is 181 Å². The van der Waals surface area contributed by atoms with Gasteiger partial charge in [-0.3, -0.25) is 4.99 Å². The Morgan fingerprint density at radius 1 is 0.520 bits per heavy atom. The second-order valence-electron chi connectivity index (χ2n) is 12.3. The van der Waals surface area contributed by atoms with E-state index in [2.05, 4.69) is 169 Å². The van der Waals surface area contributed by atoms with Crippen molar-refractivity contribution < 1.29 is 9.47 Å². The van der Waals surface area contributed by atoms with Gasteiger partial charge in [0.1, 0.15) is 23.4 Å². The quantitative estimate of drug-likeness (QED) is 0.144. The van der Waals surface area contributed by atoms with Crippen LogP contribution in [0.5, 0.6) is 11.5 Å². The summed E-state index contributed by atoms with van der Waals surface area (Å²) in [6.07, 6.45) is 0. The van der Waals surface area contributed by atoms with E-state index in [-0.39, 0.29) is 12.1 Å². The summed E-state index contributed by atoms with van der Waals surface area (Å²) in [5, 5.41) is 6.27. The van der Waals surface area contributed by atoms with Crippen molar-refractivity contribution in [2.24, 2.45) is 4.99 Å². The van der Waals surface area contributed by atoms with E-state index in [0.29, 0.717) is 0 Å². The number of methoxy groups -OCH3 is 2. The monoisotopic (exact) mass is 668 g/mol. The molecule has 1 aliphatic rings. The van der Waals surface area contributed by atoms with Gasteiger partial charge in [-0.1, -0.05) is 140 Å². The Hall–Kier alpha value is -5.70. The van der Waals surface area contributed by atoms with E-state index in [1.165, 1.54) is 26.7 Å². The summed E-state index contributed by atoms with van der Waals surface area (Å²) in [7, 11) is 2.53. The number of anilines is 1. The molecule has 0 fully saturated rings. The van der Waals surface area contributed by atoms with Gasteiger partial charge in [0.05, 0.1) is 20.3 Å². The van der Waals surface area contributed by atoms with Gasteiger partial charge in [-0.15, -0.1) is 0 Å². The number of benzene rings is 7. The number of hydrogen-bond acceptors (Lipinski definition) is 4. The molecule has 5 heteroatoms. The Morgan fingerprint density at radius 2 is 1.06 bits per heavy atom. The van der Waals surface area contributed by atoms with Gasteiger partial charge in [0.15, 0.2) is 0 Å². The zero-order valence-corrected chi connectivity index (χ0v) is 29.0. The van der Waals surface area contributed by atoms with Crippen LogP contribution in [0.3, 0.4) is 0 Å². The first kappa shape index (κ1) is 31.6. The second kappa shape index (κ2) is 14.0. The Balaban J connectivity index is 1.38. The van der Waals surface area contributed by atoms with Crippen molar-refractivity contribution in [2.45, 2.75) is 12.1 Å². The average molecular weight is 669 g/mol. The molecule has 0 spiro atoms. The Labute approximate surface area is 295 Å². The van der Waals surface area contributed by atoms with Crippen LogP contribution in [0.2, 0.25) is 0 Å². The molecule has 1 aliphatic heterocycles. The van der Waals surface area contributed by atoms with Crippen LogP contribution in [0, 0.1) is 0 Å². The predicted molar refractivity (Wildman–Crippen MR) is 210 cm³/mol. The summed E-state index contributed by atoms with van der Waals surface area (Å²) in [6.45, 7) is 0. The first-order chi connectivity index (χ1) is 24.7. The van der Waals surface area contributed by atoms with E-state index in [0.717, 1.165) is 39.7 Å². The van der Waals surface area contributed by atoms with Crippen molar-refractivity contribution >= 4 is 46.1 Å². The maximum absolute atomic E-state index is 5.73. The molecule has 0 saturated heterocycles. The maximum Gasteiger partial charge on any atom is 0.137 e. The molecule has 0 unspecified atom stereocenters. The third kappa shape index (κ3) is 6.04. The lowest BCUT2D eigenvalue weighted by atomic mass is 9.93. The topological polar surface area (TPSA) is 34.1 Å². The van der Waals surface area contributed by atoms with E-state index >= 15 is 0 Å². The molecular formula is C45H37N2O2P. The third-order valence-electron chi connectivity index (χ3n) is 9.41. The van der Waals surface area contributed by atoms with E-state index in [1.54, 1.807) is 14.2 Å². The molecule has 0 N–H and O–H groups in total. The SMILES string of the molecule is COc1ccc([C@H]2N=C(c3ccccc3P(c3ccccc3)c3ccccc3)N(c3ccc4ccccc4c3)[C@@H]2c2ccc(OC)cc2)cc1. The van der Waals surface area contributed by atoms with Crippen LogP contribution in [0.4, 0.5) is 5.69 Å². The third-order valence-corrected chi connectivity index (χ3v) is 11.9. The first-order valence-electron chi connectivity index (χ1n) is 16.9. The van der Waals surface area contributed by atoms with E-state index in [4.69, 9.17) is 14.5 Å². The van der Waals surface area contributed by atoms with Crippen molar-refractivity contribution in [3.63, 3.8) is 0 Å². The second-order valence-corrected chi connectivity index (χ2v) is 14.5. The average Bonchev–Trinajstić information content (AvgIpc) is 3.59. The lowest BCUT2D eigenvalue weighted by molar-refractivity contribution is 0.414. The molecule has 0 aromatic heterocycles. The molecule has 0 radical (unpaired) electrons. The van der Waals surface area contributed by atoms with Crippen molar-refractivity contribution in [2.75, 3.05) is 19.1 Å². The van der Waals surface area contributed by atoms with E-state index < -0.39 is 7.92 Å². The molecular weight excluding hydrogens is 631 g/mol. The van der Waals surface area contributed by atoms with Gasteiger partial charge in [0, 0.05) is 11.3 Å². The smallest absolute Gasteiger partial charge is 0.137 e. The lowest BCUT2D eigenvalue weighted by Gasteiger charge is -2.33. The largest absolute Gasteiger partial charge is 0.497 e. The zero-order valence-electron chi connectivity index (χ0n) is 28.1. The van der Waals surface area contributed by atoms with Crippen LogP contribution in [0.1, 0.15) is 28.8 Å². The molecule has 4 nitrogen and oxygen atoms in total. The highest BCUT2D eigenvalue weighted by Crippen LogP contribution is 2.47. The summed E-state index contributed by atoms with van der Waals surface area (Å²) in [6, 6.07) is 62.5. The molecule has 0 bridgehead atoms. The molecule has 0 amide bonds. The zero-order chi connectivity index (χ0) is 33.9. The molecule has 0 aliphatic carbocycles. The summed E-state index contributed by atoms with van der Waals surface area (Å²) in [5.41, 5.74) is 4.51. The predicted octanol–water partition coefficient (Wildman–Crippen LogP) is 9.36. The summed E-state index contributed by atoms with van der Waals surface area (Å²) in [4.78, 5) is 8.20. The number of nitrogens with zero attached hydrogens (tertiary/aromatic N) is 2. The van der Waals surface area contributed by atoms with Gasteiger partial charge >= 0.3 is 0 Å². The first-order valence-corrected chi connectivity index (χ1v) is 18.2. The number of fused-ring (bicyclic) bond motifs is 1. The summed E-state index contributed by atoms with van der Waals surface area (Å²) in [5.74, 6) is 2.61. The Kier molecular flexibility index (Phi) is 8.86. The summed E-state index contributed by atoms with van der Waals surface area (Å²) >= 11 is 0. The number of ether oxygens (including phenoxy) is 2. The standard InChI is InChI=1S/C45H37N2O2P/c1-48-37-27-22-33(23-28-37)43-44(34-24-29-38(49-2)30-25-34)47(36-26-21-32-13-9-10-14-35(32)31-36)45(46-43)41-19-11-12-20-42(41)50(39-15-5-3-6-16-39)40-17-7-4-8-18-40/h3-31,43-44H,1-2H3/t43-,44-/m1/s1. The van der Waals surface area contributed by atoms with E-state index in [1.807, 2.05) is 12.1 Å². The molecule has 1 heterocycles. The lowest BCUT2D eigenvalue weighted by Crippen LogP contribution is -2.35. The van der Waals surface area contributed by atoms with Crippen molar-refractivity contribution in [1.82, 2.24) is 0 Å². The van der Waals surface area contributed by atoms with Gasteiger partial charge in [0.25, 0.3) is 0 Å². The van der Waals surface area contributed by atoms with Crippen molar-refractivity contribution in [1.29, 1.82) is 0 Å². The number of rotatable bonds is 9. The maximum atomic E-state index is 5.73. The molecule has 2 atom stereocenters. The molecule has 50 heavy (non-hydrogen) atoms. The highest BCUT2D eigenvalue weighted by Gasteiger charge is 2.41. The number of aliphatic imine (C=N–C) groups is 1. The van der Waals surface area contributed by atoms with Crippen LogP contribution in [-0.4, -0.2) is 20.1 Å². The highest BCUT2D eigenvalue weighted by atomic mass is 31.1. The Morgan fingerprint density at radius 3 is 1.68 bits per heavy atom. The number of amidine groups is 1. The van der Waals surface area contributed by atoms with Gasteiger partial charge in [0.2, 0.25) is 0 Å². The fourth-order valence-electron chi connectivity index (χ4n) is 6.98. The highest BCUT2D eigenvalue weighted by molar-refractivity contribution is 7.80. The van der Waals surface area contributed by atoms with Gasteiger partial charge in [-0.25, -0.2) is 0 Å². The fraction of sp³-hybridized carbons (Fsp3) is 0.0889. The molecule has 0 saturated carbocycles. The normalized spacial score (nSPS) is 15.7. The summed E-state index contributed by atoms with van der Waals surface area (Å²) < 4.78 is 11.1. The van der Waals surface area contributed by atoms with Crippen LogP contribution in [-0.2, 0) is 0 Å². The minimum Gasteiger partial charge on any atom is -0.497 e. The molecule has 7 aromatic carbocycles. The molecule has 7 aromatic rings. The molecule has 8 rings (SSSR count). The number of hydrogen-bond donors (Lipinski definition) is 0. The fourth-order valence-corrected chi connectivity index (χ4v) is 9.42. The van der Waals surface area contributed by atoms with Gasteiger partial charge in [-0.2, -0.15) is 0 Å². The van der Waals surface area contributed by atoms with Crippen molar-refractivity contribution in [3.05, 3.63) is 193 Å². The Bertz CT molecular complexity index is 2210. The minimum atomic E-state index is -0.890. The minimum absolute atomic E-state index is 0.127.